The van der Waals surface area contributed by atoms with E-state index in [1.165, 1.54) is 7.11 Å². The van der Waals surface area contributed by atoms with E-state index in [0.29, 0.717) is 11.3 Å². The highest BCUT2D eigenvalue weighted by atomic mass is 16.6. The minimum absolute atomic E-state index is 0.130. The fourth-order valence-corrected chi connectivity index (χ4v) is 1.12. The first-order valence-electron chi connectivity index (χ1n) is 4.85. The molecule has 1 aromatic rings. The maximum Gasteiger partial charge on any atom is 0.343 e. The van der Waals surface area contributed by atoms with Gasteiger partial charge >= 0.3 is 5.97 Å². The van der Waals surface area contributed by atoms with Crippen LogP contribution in [0, 0.1) is 0 Å². The van der Waals surface area contributed by atoms with E-state index in [1.807, 2.05) is 0 Å². The summed E-state index contributed by atoms with van der Waals surface area (Å²) in [6.07, 6.45) is -0.672. The fraction of sp³-hybridized carbons (Fsp3) is 0.364. The maximum atomic E-state index is 10.8. The molecule has 5 nitrogen and oxygen atoms in total. The average molecular weight is 225 g/mol. The van der Waals surface area contributed by atoms with Crippen LogP contribution in [0.1, 0.15) is 11.7 Å². The monoisotopic (exact) mass is 225 g/mol. The summed E-state index contributed by atoms with van der Waals surface area (Å²) in [6.45, 7) is 0.0393. The highest BCUT2D eigenvalue weighted by molar-refractivity contribution is 5.70. The molecule has 0 saturated heterocycles. The Morgan fingerprint density at radius 2 is 2.06 bits per heavy atom. The minimum Gasteiger partial charge on any atom is -0.482 e. The second-order valence-electron chi connectivity index (χ2n) is 3.19. The van der Waals surface area contributed by atoms with Crippen LogP contribution in [0.15, 0.2) is 24.3 Å². The van der Waals surface area contributed by atoms with Crippen LogP contribution in [0.5, 0.6) is 5.75 Å². The third-order valence-electron chi connectivity index (χ3n) is 2.07. The lowest BCUT2D eigenvalue weighted by atomic mass is 10.1. The van der Waals surface area contributed by atoms with Gasteiger partial charge in [0.25, 0.3) is 0 Å². The lowest BCUT2D eigenvalue weighted by Crippen LogP contribution is -2.13. The molecule has 0 aromatic heterocycles. The van der Waals surface area contributed by atoms with Gasteiger partial charge in [-0.15, -0.1) is 0 Å². The zero-order chi connectivity index (χ0) is 12.0. The van der Waals surface area contributed by atoms with Crippen molar-refractivity contribution in [1.29, 1.82) is 0 Å². The van der Waals surface area contributed by atoms with Gasteiger partial charge in [0.15, 0.2) is 6.61 Å². The van der Waals surface area contributed by atoms with Gasteiger partial charge in [0.2, 0.25) is 0 Å². The Balaban J connectivity index is 2.54. The van der Waals surface area contributed by atoms with Crippen molar-refractivity contribution in [3.63, 3.8) is 0 Å². The van der Waals surface area contributed by atoms with Crippen molar-refractivity contribution in [2.75, 3.05) is 20.3 Å². The second-order valence-corrected chi connectivity index (χ2v) is 3.19. The molecule has 1 atom stereocenters. The van der Waals surface area contributed by atoms with Crippen molar-refractivity contribution in [3.8, 4) is 5.75 Å². The van der Waals surface area contributed by atoms with Crippen LogP contribution in [-0.2, 0) is 9.53 Å². The summed E-state index contributed by atoms with van der Waals surface area (Å²) in [5, 5.41) is 9.44. The number of esters is 1. The molecule has 1 rings (SSSR count). The van der Waals surface area contributed by atoms with Crippen LogP contribution >= 0.6 is 0 Å². The van der Waals surface area contributed by atoms with Crippen LogP contribution in [-0.4, -0.2) is 31.3 Å². The van der Waals surface area contributed by atoms with Gasteiger partial charge in [-0.3, -0.25) is 0 Å². The van der Waals surface area contributed by atoms with Gasteiger partial charge in [-0.25, -0.2) is 4.79 Å². The molecule has 0 spiro atoms. The van der Waals surface area contributed by atoms with Crippen molar-refractivity contribution >= 4 is 5.97 Å². The summed E-state index contributed by atoms with van der Waals surface area (Å²) >= 11 is 0. The highest BCUT2D eigenvalue weighted by Crippen LogP contribution is 2.16. The number of aliphatic hydroxyl groups excluding tert-OH is 1. The predicted octanol–water partition coefficient (Wildman–Crippen LogP) is 0.230. The lowest BCUT2D eigenvalue weighted by Gasteiger charge is -2.09. The van der Waals surface area contributed by atoms with Crippen LogP contribution in [0.4, 0.5) is 0 Å². The zero-order valence-corrected chi connectivity index (χ0v) is 9.05. The van der Waals surface area contributed by atoms with Crippen LogP contribution in [0.2, 0.25) is 0 Å². The molecule has 0 aliphatic heterocycles. The highest BCUT2D eigenvalue weighted by Gasteiger charge is 2.05. The Hall–Kier alpha value is -1.59. The van der Waals surface area contributed by atoms with Crippen molar-refractivity contribution < 1.29 is 19.4 Å². The SMILES string of the molecule is COC(=O)COc1ccc(C(O)CN)cc1. The molecule has 1 unspecified atom stereocenters. The van der Waals surface area contributed by atoms with Gasteiger partial charge in [0, 0.05) is 6.54 Å². The van der Waals surface area contributed by atoms with Crippen molar-refractivity contribution in [2.45, 2.75) is 6.10 Å². The van der Waals surface area contributed by atoms with Crippen molar-refractivity contribution in [2.24, 2.45) is 5.73 Å². The van der Waals surface area contributed by atoms with E-state index in [2.05, 4.69) is 4.74 Å². The van der Waals surface area contributed by atoms with E-state index in [9.17, 15) is 9.90 Å². The van der Waals surface area contributed by atoms with E-state index < -0.39 is 12.1 Å². The van der Waals surface area contributed by atoms with Crippen LogP contribution in [0.25, 0.3) is 0 Å². The molecule has 88 valence electrons. The zero-order valence-electron chi connectivity index (χ0n) is 9.05. The molecule has 0 radical (unpaired) electrons. The van der Waals surface area contributed by atoms with Crippen LogP contribution in [0.3, 0.4) is 0 Å². The number of nitrogens with two attached hydrogens (primary N) is 1. The first-order chi connectivity index (χ1) is 7.67. The van der Waals surface area contributed by atoms with E-state index in [-0.39, 0.29) is 13.2 Å². The van der Waals surface area contributed by atoms with Gasteiger partial charge in [-0.2, -0.15) is 0 Å². The fourth-order valence-electron chi connectivity index (χ4n) is 1.12. The number of rotatable bonds is 5. The van der Waals surface area contributed by atoms with Gasteiger partial charge in [-0.1, -0.05) is 12.1 Å². The number of carbonyl (C=O) groups excluding carboxylic acids is 1. The maximum absolute atomic E-state index is 10.8. The van der Waals surface area contributed by atoms with E-state index >= 15 is 0 Å². The number of ether oxygens (including phenoxy) is 2. The molecule has 0 bridgehead atoms. The molecule has 1 aromatic carbocycles. The Bertz CT molecular complexity index is 336. The summed E-state index contributed by atoms with van der Waals surface area (Å²) in [4.78, 5) is 10.8. The first kappa shape index (κ1) is 12.5. The number of methoxy groups -OCH3 is 1. The molecular formula is C11H15NO4. The summed E-state index contributed by atoms with van der Waals surface area (Å²) in [5.74, 6) is 0.101. The molecule has 3 N–H and O–H groups in total. The number of benzene rings is 1. The molecule has 0 amide bonds. The molecule has 0 aliphatic rings. The van der Waals surface area contributed by atoms with Crippen LogP contribution < -0.4 is 10.5 Å². The Labute approximate surface area is 93.8 Å². The molecule has 0 heterocycles. The smallest absolute Gasteiger partial charge is 0.343 e. The Kier molecular flexibility index (Phi) is 4.75. The molecule has 0 saturated carbocycles. The molecule has 0 fully saturated rings. The quantitative estimate of drug-likeness (QED) is 0.701. The molecule has 5 heteroatoms. The topological polar surface area (TPSA) is 81.8 Å². The van der Waals surface area contributed by atoms with E-state index in [4.69, 9.17) is 10.5 Å². The number of hydrogen-bond donors (Lipinski definition) is 2. The van der Waals surface area contributed by atoms with Gasteiger partial charge in [-0.05, 0) is 17.7 Å². The summed E-state index contributed by atoms with van der Waals surface area (Å²) in [6, 6.07) is 6.72. The summed E-state index contributed by atoms with van der Waals surface area (Å²) in [5.41, 5.74) is 6.03. The third kappa shape index (κ3) is 3.52. The van der Waals surface area contributed by atoms with Crippen molar-refractivity contribution in [3.05, 3.63) is 29.8 Å². The van der Waals surface area contributed by atoms with E-state index in [0.717, 1.165) is 0 Å². The number of aliphatic hydroxyl groups is 1. The predicted molar refractivity (Wildman–Crippen MR) is 58.0 cm³/mol. The Morgan fingerprint density at radius 3 is 2.56 bits per heavy atom. The molecular weight excluding hydrogens is 210 g/mol. The largest absolute Gasteiger partial charge is 0.482 e. The van der Waals surface area contributed by atoms with Gasteiger partial charge in [0.1, 0.15) is 5.75 Å². The number of hydrogen-bond acceptors (Lipinski definition) is 5. The average Bonchev–Trinajstić information content (AvgIpc) is 2.35. The number of carbonyl (C=O) groups is 1. The standard InChI is InChI=1S/C11H15NO4/c1-15-11(14)7-16-9-4-2-8(3-5-9)10(13)6-12/h2-5,10,13H,6-7,12H2,1H3. The lowest BCUT2D eigenvalue weighted by molar-refractivity contribution is -0.142. The minimum atomic E-state index is -0.672. The Morgan fingerprint density at radius 1 is 1.44 bits per heavy atom. The normalized spacial score (nSPS) is 11.9. The third-order valence-corrected chi connectivity index (χ3v) is 2.07. The van der Waals surface area contributed by atoms with Gasteiger partial charge in [0.05, 0.1) is 13.2 Å². The molecule has 0 aliphatic carbocycles. The van der Waals surface area contributed by atoms with E-state index in [1.54, 1.807) is 24.3 Å². The van der Waals surface area contributed by atoms with Gasteiger partial charge < -0.3 is 20.3 Å². The molecule has 16 heavy (non-hydrogen) atoms. The van der Waals surface area contributed by atoms with Crippen molar-refractivity contribution in [1.82, 2.24) is 0 Å². The summed E-state index contributed by atoms with van der Waals surface area (Å²) in [7, 11) is 1.30. The summed E-state index contributed by atoms with van der Waals surface area (Å²) < 4.78 is 9.57. The first-order valence-corrected chi connectivity index (χ1v) is 4.85. The second kappa shape index (κ2) is 6.09.